The average molecular weight is 289 g/mol. The van der Waals surface area contributed by atoms with Crippen molar-refractivity contribution in [2.75, 3.05) is 18.5 Å². The minimum atomic E-state index is 1.02. The highest BCUT2D eigenvalue weighted by atomic mass is 79.9. The van der Waals surface area contributed by atoms with Gasteiger partial charge in [0.1, 0.15) is 0 Å². The van der Waals surface area contributed by atoms with Gasteiger partial charge in [-0.2, -0.15) is 0 Å². The van der Waals surface area contributed by atoms with E-state index in [2.05, 4.69) is 57.1 Å². The second kappa shape index (κ2) is 4.15. The van der Waals surface area contributed by atoms with Crippen LogP contribution in [0.1, 0.15) is 5.56 Å². The number of nitrogens with zero attached hydrogens (tertiary/aromatic N) is 2. The topological polar surface area (TPSA) is 16.1 Å². The fraction of sp³-hybridized carbons (Fsp3) is 0.214. The van der Waals surface area contributed by atoms with Gasteiger partial charge in [0.15, 0.2) is 0 Å². The molecule has 3 rings (SSSR count). The van der Waals surface area contributed by atoms with Crippen molar-refractivity contribution < 1.29 is 0 Å². The van der Waals surface area contributed by atoms with Crippen molar-refractivity contribution in [3.63, 3.8) is 0 Å². The number of rotatable bonds is 1. The Balaban J connectivity index is 2.06. The third kappa shape index (κ3) is 1.95. The summed E-state index contributed by atoms with van der Waals surface area (Å²) in [5, 5.41) is 0. The number of hydrogen-bond acceptors (Lipinski definition) is 2. The molecule has 0 N–H and O–H groups in total. The third-order valence-electron chi connectivity index (χ3n) is 3.25. The number of halogens is 1. The normalized spacial score (nSPS) is 13.9. The molecule has 0 aliphatic carbocycles. The van der Waals surface area contributed by atoms with E-state index in [0.29, 0.717) is 0 Å². The smallest absolute Gasteiger partial charge is 0.0410 e. The van der Waals surface area contributed by atoms with Gasteiger partial charge in [-0.05, 0) is 51.7 Å². The van der Waals surface area contributed by atoms with Gasteiger partial charge in [0, 0.05) is 41.7 Å². The number of hydrogen-bond donors (Lipinski definition) is 0. The van der Waals surface area contributed by atoms with Crippen LogP contribution in [-0.4, -0.2) is 18.6 Å². The number of fused-ring (bicyclic) bond motifs is 1. The predicted molar refractivity (Wildman–Crippen MR) is 74.3 cm³/mol. The van der Waals surface area contributed by atoms with Gasteiger partial charge in [-0.25, -0.2) is 0 Å². The van der Waals surface area contributed by atoms with Gasteiger partial charge in [-0.3, -0.25) is 4.98 Å². The van der Waals surface area contributed by atoms with Gasteiger partial charge in [0.05, 0.1) is 0 Å². The highest BCUT2D eigenvalue weighted by molar-refractivity contribution is 9.10. The fourth-order valence-corrected chi connectivity index (χ4v) is 2.68. The van der Waals surface area contributed by atoms with Crippen LogP contribution >= 0.6 is 15.9 Å². The summed E-state index contributed by atoms with van der Waals surface area (Å²) in [6, 6.07) is 8.76. The van der Waals surface area contributed by atoms with E-state index in [0.717, 1.165) is 23.0 Å². The molecule has 0 bridgehead atoms. The molecule has 1 aliphatic rings. The highest BCUT2D eigenvalue weighted by Gasteiger charge is 2.15. The van der Waals surface area contributed by atoms with Crippen molar-refractivity contribution in [1.29, 1.82) is 0 Å². The lowest BCUT2D eigenvalue weighted by atomic mass is 10.0. The van der Waals surface area contributed by atoms with Crippen LogP contribution in [-0.2, 0) is 6.42 Å². The summed E-state index contributed by atoms with van der Waals surface area (Å²) in [7, 11) is 2.15. The molecule has 3 heteroatoms. The molecule has 2 heterocycles. The van der Waals surface area contributed by atoms with Crippen LogP contribution in [0.25, 0.3) is 11.1 Å². The summed E-state index contributed by atoms with van der Waals surface area (Å²) in [6.07, 6.45) is 4.86. The Morgan fingerprint density at radius 2 is 2.06 bits per heavy atom. The lowest BCUT2D eigenvalue weighted by molar-refractivity contribution is 0.956. The number of pyridine rings is 1. The first-order valence-electron chi connectivity index (χ1n) is 5.69. The number of anilines is 1. The van der Waals surface area contributed by atoms with E-state index in [1.54, 1.807) is 0 Å². The van der Waals surface area contributed by atoms with Gasteiger partial charge < -0.3 is 4.90 Å². The second-order valence-corrected chi connectivity index (χ2v) is 5.32. The van der Waals surface area contributed by atoms with Crippen molar-refractivity contribution in [2.24, 2.45) is 0 Å². The van der Waals surface area contributed by atoms with E-state index in [9.17, 15) is 0 Å². The number of aromatic nitrogens is 1. The van der Waals surface area contributed by atoms with Gasteiger partial charge in [0.2, 0.25) is 0 Å². The summed E-state index contributed by atoms with van der Waals surface area (Å²) in [5.74, 6) is 0. The van der Waals surface area contributed by atoms with Crippen LogP contribution in [0.4, 0.5) is 5.69 Å². The quantitative estimate of drug-likeness (QED) is 0.798. The Morgan fingerprint density at radius 3 is 2.88 bits per heavy atom. The standard InChI is InChI=1S/C14H13BrN2/c1-17-5-4-11-6-10(2-3-14(11)17)12-7-13(15)9-16-8-12/h2-3,6-9H,4-5H2,1H3. The molecule has 0 saturated heterocycles. The van der Waals surface area contributed by atoms with Crippen LogP contribution in [0, 0.1) is 0 Å². The molecule has 1 aliphatic heterocycles. The lowest BCUT2D eigenvalue weighted by Gasteiger charge is -2.12. The van der Waals surface area contributed by atoms with Gasteiger partial charge in [-0.1, -0.05) is 6.07 Å². The Morgan fingerprint density at radius 1 is 1.18 bits per heavy atom. The van der Waals surface area contributed by atoms with E-state index >= 15 is 0 Å². The lowest BCUT2D eigenvalue weighted by Crippen LogP contribution is -2.12. The van der Waals surface area contributed by atoms with Gasteiger partial charge in [-0.15, -0.1) is 0 Å². The third-order valence-corrected chi connectivity index (χ3v) is 3.68. The molecule has 17 heavy (non-hydrogen) atoms. The molecule has 1 aromatic heterocycles. The molecular formula is C14H13BrN2. The van der Waals surface area contributed by atoms with Crippen molar-refractivity contribution in [3.05, 3.63) is 46.7 Å². The fourth-order valence-electron chi connectivity index (χ4n) is 2.32. The molecule has 0 amide bonds. The second-order valence-electron chi connectivity index (χ2n) is 4.41. The average Bonchev–Trinajstić information content (AvgIpc) is 2.71. The van der Waals surface area contributed by atoms with Crippen molar-refractivity contribution in [2.45, 2.75) is 6.42 Å². The van der Waals surface area contributed by atoms with E-state index < -0.39 is 0 Å². The maximum absolute atomic E-state index is 4.21. The SMILES string of the molecule is CN1CCc2cc(-c3cncc(Br)c3)ccc21. The molecule has 0 atom stereocenters. The summed E-state index contributed by atoms with van der Waals surface area (Å²) in [6.45, 7) is 1.12. The van der Waals surface area contributed by atoms with Crippen LogP contribution in [0.5, 0.6) is 0 Å². The zero-order valence-electron chi connectivity index (χ0n) is 9.65. The molecule has 0 fully saturated rings. The number of likely N-dealkylation sites (N-methyl/N-ethyl adjacent to an activating group) is 1. The Kier molecular flexibility index (Phi) is 2.63. The zero-order chi connectivity index (χ0) is 11.8. The number of benzene rings is 1. The summed E-state index contributed by atoms with van der Waals surface area (Å²) >= 11 is 3.46. The summed E-state index contributed by atoms with van der Waals surface area (Å²) in [4.78, 5) is 6.52. The molecule has 0 saturated carbocycles. The zero-order valence-corrected chi connectivity index (χ0v) is 11.2. The minimum Gasteiger partial charge on any atom is -0.374 e. The molecule has 2 aromatic rings. The van der Waals surface area contributed by atoms with Crippen LogP contribution in [0.2, 0.25) is 0 Å². The molecule has 0 radical (unpaired) electrons. The predicted octanol–water partition coefficient (Wildman–Crippen LogP) is 3.50. The minimum absolute atomic E-state index is 1.02. The molecule has 0 spiro atoms. The summed E-state index contributed by atoms with van der Waals surface area (Å²) < 4.78 is 1.02. The first kappa shape index (κ1) is 10.8. The van der Waals surface area contributed by atoms with Crippen LogP contribution < -0.4 is 4.90 Å². The summed E-state index contributed by atoms with van der Waals surface area (Å²) in [5.41, 5.74) is 5.20. The van der Waals surface area contributed by atoms with E-state index in [4.69, 9.17) is 0 Å². The molecule has 86 valence electrons. The largest absolute Gasteiger partial charge is 0.374 e. The first-order valence-corrected chi connectivity index (χ1v) is 6.48. The molecule has 2 nitrogen and oxygen atoms in total. The first-order chi connectivity index (χ1) is 8.24. The monoisotopic (exact) mass is 288 g/mol. The Labute approximate surface area is 109 Å². The maximum atomic E-state index is 4.21. The molecule has 0 unspecified atom stereocenters. The molecular weight excluding hydrogens is 276 g/mol. The van der Waals surface area contributed by atoms with Gasteiger partial charge >= 0.3 is 0 Å². The van der Waals surface area contributed by atoms with Crippen LogP contribution in [0.15, 0.2) is 41.1 Å². The van der Waals surface area contributed by atoms with E-state index in [-0.39, 0.29) is 0 Å². The highest BCUT2D eigenvalue weighted by Crippen LogP contribution is 2.31. The maximum Gasteiger partial charge on any atom is 0.0410 e. The van der Waals surface area contributed by atoms with Gasteiger partial charge in [0.25, 0.3) is 0 Å². The Bertz CT molecular complexity index is 566. The Hall–Kier alpha value is -1.35. The van der Waals surface area contributed by atoms with Crippen molar-refractivity contribution in [1.82, 2.24) is 4.98 Å². The molecule has 1 aromatic carbocycles. The van der Waals surface area contributed by atoms with E-state index in [1.165, 1.54) is 16.8 Å². The van der Waals surface area contributed by atoms with Crippen molar-refractivity contribution in [3.8, 4) is 11.1 Å². The van der Waals surface area contributed by atoms with Crippen molar-refractivity contribution >= 4 is 21.6 Å². The van der Waals surface area contributed by atoms with Crippen LogP contribution in [0.3, 0.4) is 0 Å². The van der Waals surface area contributed by atoms with E-state index in [1.807, 2.05) is 12.4 Å².